The summed E-state index contributed by atoms with van der Waals surface area (Å²) < 4.78 is 4.74. The SMILES string of the molecule is COC(=O)c1ccccc1Nc1ncnc(Nc2ccccc2)c1[N+](=O)[O-]. The van der Waals surface area contributed by atoms with Crippen molar-refractivity contribution in [2.45, 2.75) is 0 Å². The molecule has 0 saturated heterocycles. The Morgan fingerprint density at radius 2 is 1.63 bits per heavy atom. The molecule has 0 atom stereocenters. The number of rotatable bonds is 6. The first kappa shape index (κ1) is 17.8. The number of hydrogen-bond donors (Lipinski definition) is 2. The van der Waals surface area contributed by atoms with Crippen LogP contribution in [0.1, 0.15) is 10.4 Å². The van der Waals surface area contributed by atoms with Crippen LogP contribution in [0.5, 0.6) is 0 Å². The smallest absolute Gasteiger partial charge is 0.353 e. The molecule has 1 aromatic heterocycles. The molecule has 3 rings (SSSR count). The largest absolute Gasteiger partial charge is 0.465 e. The summed E-state index contributed by atoms with van der Waals surface area (Å²) in [6.45, 7) is 0. The van der Waals surface area contributed by atoms with Crippen LogP contribution in [0.25, 0.3) is 0 Å². The lowest BCUT2D eigenvalue weighted by atomic mass is 10.2. The molecule has 0 aliphatic heterocycles. The van der Waals surface area contributed by atoms with Crippen LogP contribution in [0.4, 0.5) is 28.7 Å². The lowest BCUT2D eigenvalue weighted by Crippen LogP contribution is -2.09. The Morgan fingerprint density at radius 3 is 2.30 bits per heavy atom. The van der Waals surface area contributed by atoms with E-state index < -0.39 is 10.9 Å². The van der Waals surface area contributed by atoms with Gasteiger partial charge in [-0.05, 0) is 24.3 Å². The number of carbonyl (C=O) groups excluding carboxylic acids is 1. The number of methoxy groups -OCH3 is 1. The summed E-state index contributed by atoms with van der Waals surface area (Å²) in [5.74, 6) is -0.596. The van der Waals surface area contributed by atoms with Crippen molar-refractivity contribution in [3.05, 3.63) is 76.6 Å². The molecule has 9 heteroatoms. The molecule has 0 aliphatic carbocycles. The van der Waals surface area contributed by atoms with Gasteiger partial charge in [-0.1, -0.05) is 30.3 Å². The van der Waals surface area contributed by atoms with E-state index in [1.807, 2.05) is 6.07 Å². The fourth-order valence-electron chi connectivity index (χ4n) is 2.40. The summed E-state index contributed by atoms with van der Waals surface area (Å²) in [5, 5.41) is 17.4. The molecule has 0 bridgehead atoms. The van der Waals surface area contributed by atoms with Crippen LogP contribution in [0.15, 0.2) is 60.9 Å². The standard InChI is InChI=1S/C18H15N5O4/c1-27-18(24)13-9-5-6-10-14(13)22-17-15(23(25)26)16(19-11-20-17)21-12-7-3-2-4-8-12/h2-11H,1H3,(H2,19,20,21,22). The lowest BCUT2D eigenvalue weighted by molar-refractivity contribution is -0.383. The normalized spacial score (nSPS) is 10.1. The first-order valence-electron chi connectivity index (χ1n) is 7.86. The second-order valence-corrected chi connectivity index (χ2v) is 5.33. The molecule has 0 fully saturated rings. The predicted molar refractivity (Wildman–Crippen MR) is 99.5 cm³/mol. The van der Waals surface area contributed by atoms with Crippen LogP contribution < -0.4 is 10.6 Å². The molecule has 0 unspecified atom stereocenters. The zero-order chi connectivity index (χ0) is 19.2. The van der Waals surface area contributed by atoms with Gasteiger partial charge in [-0.25, -0.2) is 14.8 Å². The minimum atomic E-state index is -0.589. The van der Waals surface area contributed by atoms with E-state index >= 15 is 0 Å². The van der Waals surface area contributed by atoms with Gasteiger partial charge < -0.3 is 15.4 Å². The van der Waals surface area contributed by atoms with E-state index in [0.717, 1.165) is 0 Å². The lowest BCUT2D eigenvalue weighted by Gasteiger charge is -2.12. The Labute approximate surface area is 154 Å². The van der Waals surface area contributed by atoms with Crippen molar-refractivity contribution < 1.29 is 14.5 Å². The molecule has 1 heterocycles. The Balaban J connectivity index is 2.01. The molecule has 0 spiro atoms. The third-order valence-corrected chi connectivity index (χ3v) is 3.63. The highest BCUT2D eigenvalue weighted by Crippen LogP contribution is 2.33. The first-order valence-corrected chi connectivity index (χ1v) is 7.86. The Kier molecular flexibility index (Phi) is 5.22. The van der Waals surface area contributed by atoms with Gasteiger partial charge in [-0.3, -0.25) is 10.1 Å². The number of para-hydroxylation sites is 2. The maximum Gasteiger partial charge on any atom is 0.353 e. The molecular weight excluding hydrogens is 350 g/mol. The highest BCUT2D eigenvalue weighted by molar-refractivity contribution is 5.96. The summed E-state index contributed by atoms with van der Waals surface area (Å²) in [6.07, 6.45) is 1.20. The van der Waals surface area contributed by atoms with Gasteiger partial charge in [-0.2, -0.15) is 0 Å². The molecule has 0 saturated carbocycles. The molecule has 27 heavy (non-hydrogen) atoms. The van der Waals surface area contributed by atoms with E-state index in [1.54, 1.807) is 48.5 Å². The number of nitrogens with one attached hydrogen (secondary N) is 2. The molecule has 9 nitrogen and oxygen atoms in total. The van der Waals surface area contributed by atoms with Crippen LogP contribution in [0, 0.1) is 10.1 Å². The maximum atomic E-state index is 11.9. The van der Waals surface area contributed by atoms with Crippen molar-refractivity contribution >= 4 is 34.7 Å². The molecule has 0 aliphatic rings. The highest BCUT2D eigenvalue weighted by atomic mass is 16.6. The number of aromatic nitrogens is 2. The van der Waals surface area contributed by atoms with Gasteiger partial charge in [0.05, 0.1) is 23.3 Å². The summed E-state index contributed by atoms with van der Waals surface area (Å²) in [7, 11) is 1.26. The van der Waals surface area contributed by atoms with Crippen molar-refractivity contribution in [2.24, 2.45) is 0 Å². The van der Waals surface area contributed by atoms with Crippen molar-refractivity contribution in [3.63, 3.8) is 0 Å². The van der Waals surface area contributed by atoms with E-state index in [0.29, 0.717) is 11.4 Å². The average Bonchev–Trinajstić information content (AvgIpc) is 2.68. The number of nitro groups is 1. The van der Waals surface area contributed by atoms with E-state index in [4.69, 9.17) is 4.74 Å². The molecular formula is C18H15N5O4. The number of benzene rings is 2. The van der Waals surface area contributed by atoms with Crippen LogP contribution in [-0.4, -0.2) is 28.0 Å². The molecule has 0 amide bonds. The second kappa shape index (κ2) is 7.91. The minimum Gasteiger partial charge on any atom is -0.465 e. The van der Waals surface area contributed by atoms with Gasteiger partial charge in [0.25, 0.3) is 0 Å². The van der Waals surface area contributed by atoms with Crippen molar-refractivity contribution in [2.75, 3.05) is 17.7 Å². The summed E-state index contributed by atoms with van der Waals surface area (Å²) >= 11 is 0. The average molecular weight is 365 g/mol. The van der Waals surface area contributed by atoms with Gasteiger partial charge in [0, 0.05) is 5.69 Å². The number of ether oxygens (including phenoxy) is 1. The van der Waals surface area contributed by atoms with E-state index in [-0.39, 0.29) is 22.9 Å². The van der Waals surface area contributed by atoms with Crippen LogP contribution >= 0.6 is 0 Å². The summed E-state index contributed by atoms with van der Waals surface area (Å²) in [4.78, 5) is 30.9. The topological polar surface area (TPSA) is 119 Å². The van der Waals surface area contributed by atoms with Gasteiger partial charge >= 0.3 is 11.7 Å². The quantitative estimate of drug-likeness (QED) is 0.386. The van der Waals surface area contributed by atoms with E-state index in [1.165, 1.54) is 13.4 Å². The Hall–Kier alpha value is -4.01. The molecule has 2 N–H and O–H groups in total. The number of hydrogen-bond acceptors (Lipinski definition) is 8. The number of esters is 1. The van der Waals surface area contributed by atoms with Crippen LogP contribution in [-0.2, 0) is 4.74 Å². The monoisotopic (exact) mass is 365 g/mol. The van der Waals surface area contributed by atoms with Crippen LogP contribution in [0.2, 0.25) is 0 Å². The Morgan fingerprint density at radius 1 is 1.00 bits per heavy atom. The number of nitrogens with zero attached hydrogens (tertiary/aromatic N) is 3. The predicted octanol–water partition coefficient (Wildman–Crippen LogP) is 3.66. The summed E-state index contributed by atoms with van der Waals surface area (Å²) in [6, 6.07) is 15.4. The van der Waals surface area contributed by atoms with Crippen molar-refractivity contribution in [3.8, 4) is 0 Å². The molecule has 0 radical (unpaired) electrons. The number of anilines is 4. The molecule has 2 aromatic carbocycles. The van der Waals surface area contributed by atoms with E-state index in [9.17, 15) is 14.9 Å². The third-order valence-electron chi connectivity index (χ3n) is 3.63. The highest BCUT2D eigenvalue weighted by Gasteiger charge is 2.24. The second-order valence-electron chi connectivity index (χ2n) is 5.33. The van der Waals surface area contributed by atoms with Gasteiger partial charge in [0.15, 0.2) is 0 Å². The molecule has 3 aromatic rings. The fourth-order valence-corrected chi connectivity index (χ4v) is 2.40. The van der Waals surface area contributed by atoms with Gasteiger partial charge in [0.2, 0.25) is 11.6 Å². The van der Waals surface area contributed by atoms with Gasteiger partial charge in [0.1, 0.15) is 6.33 Å². The molecule has 136 valence electrons. The van der Waals surface area contributed by atoms with Crippen LogP contribution in [0.3, 0.4) is 0 Å². The zero-order valence-electron chi connectivity index (χ0n) is 14.2. The van der Waals surface area contributed by atoms with Gasteiger partial charge in [-0.15, -0.1) is 0 Å². The minimum absolute atomic E-state index is 0.0271. The zero-order valence-corrected chi connectivity index (χ0v) is 14.2. The van der Waals surface area contributed by atoms with Crippen molar-refractivity contribution in [1.29, 1.82) is 0 Å². The first-order chi connectivity index (χ1) is 13.1. The van der Waals surface area contributed by atoms with E-state index in [2.05, 4.69) is 20.6 Å². The number of carbonyl (C=O) groups is 1. The maximum absolute atomic E-state index is 11.9. The third kappa shape index (κ3) is 3.98. The fraction of sp³-hybridized carbons (Fsp3) is 0.0556. The van der Waals surface area contributed by atoms with Crippen molar-refractivity contribution in [1.82, 2.24) is 9.97 Å². The summed E-state index contributed by atoms with van der Waals surface area (Å²) in [5.41, 5.74) is 0.850. The Bertz CT molecular complexity index is 978.